The quantitative estimate of drug-likeness (QED) is 0.431. The van der Waals surface area contributed by atoms with Gasteiger partial charge < -0.3 is 18.8 Å². The third-order valence-electron chi connectivity index (χ3n) is 5.80. The van der Waals surface area contributed by atoms with Crippen molar-refractivity contribution < 1.29 is 13.9 Å². The Balaban J connectivity index is 1.32. The summed E-state index contributed by atoms with van der Waals surface area (Å²) in [4.78, 5) is 10.7. The minimum Gasteiger partial charge on any atom is -0.492 e. The fourth-order valence-electron chi connectivity index (χ4n) is 4.24. The minimum atomic E-state index is -0.205. The molecule has 0 bridgehead atoms. The van der Waals surface area contributed by atoms with E-state index in [0.29, 0.717) is 16.5 Å². The maximum absolute atomic E-state index is 11.1. The topological polar surface area (TPSA) is 83.2 Å². The first-order valence-corrected chi connectivity index (χ1v) is 11.3. The van der Waals surface area contributed by atoms with Crippen molar-refractivity contribution in [2.24, 2.45) is 0 Å². The highest BCUT2D eigenvalue weighted by Crippen LogP contribution is 2.41. The average Bonchev–Trinajstić information content (AvgIpc) is 3.63. The Morgan fingerprint density at radius 2 is 1.69 bits per heavy atom. The highest BCUT2D eigenvalue weighted by Gasteiger charge is 2.33. The van der Waals surface area contributed by atoms with E-state index in [9.17, 15) is 5.11 Å². The van der Waals surface area contributed by atoms with E-state index in [4.69, 9.17) is 8.83 Å². The van der Waals surface area contributed by atoms with E-state index in [0.717, 1.165) is 36.8 Å². The molecule has 8 nitrogen and oxygen atoms in total. The lowest BCUT2D eigenvalue weighted by molar-refractivity contribution is 0.191. The van der Waals surface area contributed by atoms with E-state index >= 15 is 0 Å². The first kappa shape index (κ1) is 19.1. The Morgan fingerprint density at radius 1 is 0.906 bits per heavy atom. The number of aromatic nitrogens is 3. The van der Waals surface area contributed by atoms with E-state index in [1.54, 1.807) is 24.7 Å². The number of aromatic hydroxyl groups is 1. The van der Waals surface area contributed by atoms with Crippen LogP contribution < -0.4 is 4.90 Å². The van der Waals surface area contributed by atoms with Crippen LogP contribution in [-0.2, 0) is 0 Å². The van der Waals surface area contributed by atoms with Crippen LogP contribution in [0.4, 0.5) is 5.69 Å². The predicted octanol–water partition coefficient (Wildman–Crippen LogP) is 4.26. The van der Waals surface area contributed by atoms with E-state index in [-0.39, 0.29) is 11.9 Å². The molecule has 9 heteroatoms. The van der Waals surface area contributed by atoms with Crippen LogP contribution >= 0.6 is 11.3 Å². The number of anilines is 1. The molecule has 1 aromatic carbocycles. The largest absolute Gasteiger partial charge is 0.492 e. The Kier molecular flexibility index (Phi) is 4.70. The average molecular weight is 448 g/mol. The van der Waals surface area contributed by atoms with Gasteiger partial charge >= 0.3 is 0 Å². The molecule has 1 saturated heterocycles. The number of furan rings is 2. The predicted molar refractivity (Wildman–Crippen MR) is 121 cm³/mol. The fraction of sp³-hybridized carbons (Fsp3) is 0.217. The number of fused-ring (bicyclic) bond motifs is 1. The lowest BCUT2D eigenvalue weighted by Gasteiger charge is -2.39. The van der Waals surface area contributed by atoms with E-state index < -0.39 is 0 Å². The standard InChI is InChI=1S/C23H21N5O3S/c29-22-20(32-23-24-21(25-28(22)23)18-9-5-15-31-18)19(17-8-4-14-30-17)27-12-10-26(11-13-27)16-6-2-1-3-7-16/h1-9,14-15,19,29H,10-13H2/t19-/m0/s1. The lowest BCUT2D eigenvalue weighted by Crippen LogP contribution is -2.47. The minimum absolute atomic E-state index is 0.0854. The molecule has 1 fully saturated rings. The molecule has 0 unspecified atom stereocenters. The van der Waals surface area contributed by atoms with Crippen LogP contribution in [0.15, 0.2) is 76.0 Å². The van der Waals surface area contributed by atoms with Crippen molar-refractivity contribution in [1.29, 1.82) is 0 Å². The molecule has 0 spiro atoms. The summed E-state index contributed by atoms with van der Waals surface area (Å²) in [5.41, 5.74) is 1.23. The molecule has 162 valence electrons. The Labute approximate surface area is 187 Å². The van der Waals surface area contributed by atoms with Crippen molar-refractivity contribution in [2.75, 3.05) is 31.1 Å². The number of benzene rings is 1. The molecule has 32 heavy (non-hydrogen) atoms. The van der Waals surface area contributed by atoms with Gasteiger partial charge in [0, 0.05) is 31.9 Å². The number of thiazole rings is 1. The summed E-state index contributed by atoms with van der Waals surface area (Å²) < 4.78 is 12.7. The molecule has 4 aromatic heterocycles. The Hall–Kier alpha value is -3.56. The Bertz CT molecular complexity index is 1300. The molecule has 1 N–H and O–H groups in total. The van der Waals surface area contributed by atoms with Gasteiger partial charge in [-0.05, 0) is 36.4 Å². The van der Waals surface area contributed by atoms with Crippen molar-refractivity contribution >= 4 is 22.0 Å². The van der Waals surface area contributed by atoms with E-state index in [1.807, 2.05) is 18.2 Å². The second-order valence-electron chi connectivity index (χ2n) is 7.67. The summed E-state index contributed by atoms with van der Waals surface area (Å²) in [6.45, 7) is 3.47. The van der Waals surface area contributed by atoms with Gasteiger partial charge in [0.25, 0.3) is 0 Å². The summed E-state index contributed by atoms with van der Waals surface area (Å²) in [5.74, 6) is 1.90. The van der Waals surface area contributed by atoms with Crippen LogP contribution in [0.1, 0.15) is 16.7 Å². The Morgan fingerprint density at radius 3 is 2.38 bits per heavy atom. The smallest absolute Gasteiger partial charge is 0.230 e. The second kappa shape index (κ2) is 7.85. The number of piperazine rings is 1. The van der Waals surface area contributed by atoms with Crippen LogP contribution in [0.5, 0.6) is 5.88 Å². The molecule has 0 amide bonds. The first-order chi connectivity index (χ1) is 15.8. The summed E-state index contributed by atoms with van der Waals surface area (Å²) in [6, 6.07) is 17.7. The fourth-order valence-corrected chi connectivity index (χ4v) is 5.33. The number of hydrogen-bond acceptors (Lipinski definition) is 8. The van der Waals surface area contributed by atoms with Crippen molar-refractivity contribution in [1.82, 2.24) is 19.5 Å². The third kappa shape index (κ3) is 3.26. The number of rotatable bonds is 5. The maximum atomic E-state index is 11.1. The summed E-state index contributed by atoms with van der Waals surface area (Å²) in [6.07, 6.45) is 3.25. The van der Waals surface area contributed by atoms with Gasteiger partial charge in [0.2, 0.25) is 16.7 Å². The number of para-hydroxylation sites is 1. The monoisotopic (exact) mass is 447 g/mol. The zero-order valence-corrected chi connectivity index (χ0v) is 18.0. The zero-order chi connectivity index (χ0) is 21.5. The van der Waals surface area contributed by atoms with Gasteiger partial charge in [0.15, 0.2) is 5.76 Å². The second-order valence-corrected chi connectivity index (χ2v) is 8.68. The molecule has 0 aliphatic carbocycles. The molecule has 0 radical (unpaired) electrons. The number of nitrogens with zero attached hydrogens (tertiary/aromatic N) is 5. The van der Waals surface area contributed by atoms with Crippen LogP contribution in [0.2, 0.25) is 0 Å². The zero-order valence-electron chi connectivity index (χ0n) is 17.2. The number of hydrogen-bond donors (Lipinski definition) is 1. The molecule has 0 saturated carbocycles. The van der Waals surface area contributed by atoms with E-state index in [2.05, 4.69) is 44.1 Å². The van der Waals surface area contributed by atoms with E-state index in [1.165, 1.54) is 21.5 Å². The third-order valence-corrected chi connectivity index (χ3v) is 6.88. The molecular weight excluding hydrogens is 426 g/mol. The van der Waals surface area contributed by atoms with Gasteiger partial charge in [-0.25, -0.2) is 0 Å². The van der Waals surface area contributed by atoms with Crippen molar-refractivity contribution in [3.8, 4) is 17.5 Å². The van der Waals surface area contributed by atoms with Crippen molar-refractivity contribution in [2.45, 2.75) is 6.04 Å². The van der Waals surface area contributed by atoms with Crippen LogP contribution in [0.3, 0.4) is 0 Å². The molecular formula is C23H21N5O3S. The van der Waals surface area contributed by atoms with Crippen LogP contribution in [0.25, 0.3) is 16.5 Å². The van der Waals surface area contributed by atoms with Crippen molar-refractivity contribution in [3.63, 3.8) is 0 Å². The molecule has 1 atom stereocenters. The summed E-state index contributed by atoms with van der Waals surface area (Å²) >= 11 is 1.42. The highest BCUT2D eigenvalue weighted by atomic mass is 32.1. The normalized spacial score (nSPS) is 16.1. The lowest BCUT2D eigenvalue weighted by atomic mass is 10.1. The van der Waals surface area contributed by atoms with Gasteiger partial charge in [-0.2, -0.15) is 9.50 Å². The molecule has 5 aromatic rings. The maximum Gasteiger partial charge on any atom is 0.230 e. The summed E-state index contributed by atoms with van der Waals surface area (Å²) in [7, 11) is 0. The van der Waals surface area contributed by atoms with Crippen LogP contribution in [-0.4, -0.2) is 50.8 Å². The SMILES string of the molecule is Oc1c([C@H](c2ccco2)N2CCN(c3ccccc3)CC2)sc2nc(-c3ccco3)nn12. The molecule has 5 heterocycles. The molecule has 1 aliphatic heterocycles. The van der Waals surface area contributed by atoms with Gasteiger partial charge in [-0.15, -0.1) is 5.10 Å². The molecule has 6 rings (SSSR count). The molecule has 1 aliphatic rings. The van der Waals surface area contributed by atoms with Gasteiger partial charge in [-0.1, -0.05) is 29.5 Å². The summed E-state index contributed by atoms with van der Waals surface area (Å²) in [5, 5.41) is 15.5. The van der Waals surface area contributed by atoms with Crippen molar-refractivity contribution in [3.05, 3.63) is 77.8 Å². The highest BCUT2D eigenvalue weighted by molar-refractivity contribution is 7.17. The first-order valence-electron chi connectivity index (χ1n) is 10.5. The van der Waals surface area contributed by atoms with Gasteiger partial charge in [0.05, 0.1) is 17.4 Å². The van der Waals surface area contributed by atoms with Gasteiger partial charge in [-0.3, -0.25) is 4.90 Å². The van der Waals surface area contributed by atoms with Gasteiger partial charge in [0.1, 0.15) is 11.8 Å². The van der Waals surface area contributed by atoms with Crippen LogP contribution in [0, 0.1) is 0 Å².